The minimum atomic E-state index is -4.44. The van der Waals surface area contributed by atoms with Gasteiger partial charge in [-0.05, 0) is 59.7 Å². The van der Waals surface area contributed by atoms with Crippen molar-refractivity contribution in [2.24, 2.45) is 0 Å². The zero-order valence-electron chi connectivity index (χ0n) is 24.2. The maximum atomic E-state index is 11.6. The third-order valence-electron chi connectivity index (χ3n) is 7.48. The van der Waals surface area contributed by atoms with Crippen LogP contribution < -0.4 is 29.6 Å². The fourth-order valence-electron chi connectivity index (χ4n) is 5.27. The Morgan fingerprint density at radius 1 is 0.595 bits per heavy atom. The largest absolute Gasteiger partial charge is 1.00 e. The summed E-state index contributed by atoms with van der Waals surface area (Å²) in [7, 11) is -4.44. The number of hydrogen-bond acceptors (Lipinski definition) is 3. The molecular formula is C32H51NaO3S. The van der Waals surface area contributed by atoms with Crippen molar-refractivity contribution in [3.63, 3.8) is 0 Å². The van der Waals surface area contributed by atoms with Crippen LogP contribution in [0.4, 0.5) is 0 Å². The molecule has 3 nitrogen and oxygen atoms in total. The van der Waals surface area contributed by atoms with E-state index >= 15 is 0 Å². The van der Waals surface area contributed by atoms with E-state index in [1.54, 1.807) is 6.07 Å². The molecule has 0 aliphatic rings. The van der Waals surface area contributed by atoms with Crippen LogP contribution in [0.1, 0.15) is 141 Å². The molecular weight excluding hydrogens is 487 g/mol. The van der Waals surface area contributed by atoms with Gasteiger partial charge in [0.2, 0.25) is 0 Å². The third kappa shape index (κ3) is 14.5. The minimum absolute atomic E-state index is 0. The van der Waals surface area contributed by atoms with Crippen molar-refractivity contribution in [2.75, 3.05) is 0 Å². The number of aryl methyl sites for hydroxylation is 2. The molecule has 0 unspecified atom stereocenters. The van der Waals surface area contributed by atoms with Gasteiger partial charge < -0.3 is 4.55 Å². The molecule has 204 valence electrons. The first-order chi connectivity index (χ1) is 17.5. The Bertz CT molecular complexity index is 971. The second-order valence-electron chi connectivity index (χ2n) is 10.7. The zero-order valence-corrected chi connectivity index (χ0v) is 27.0. The van der Waals surface area contributed by atoms with Crippen LogP contribution in [0.3, 0.4) is 0 Å². The van der Waals surface area contributed by atoms with Crippen molar-refractivity contribution < 1.29 is 42.5 Å². The van der Waals surface area contributed by atoms with Crippen molar-refractivity contribution >= 4 is 20.9 Å². The van der Waals surface area contributed by atoms with E-state index in [4.69, 9.17) is 0 Å². The SMILES string of the molecule is CCCCCCCCCCCc1cc(CCCCCCCCCCC)c2ccc(S(=O)(=O)[O-])cc2c1.[Na+]. The Morgan fingerprint density at radius 3 is 1.54 bits per heavy atom. The van der Waals surface area contributed by atoms with Crippen LogP contribution in [-0.2, 0) is 23.0 Å². The molecule has 0 aromatic heterocycles. The first kappa shape index (κ1) is 34.6. The van der Waals surface area contributed by atoms with Crippen LogP contribution >= 0.6 is 0 Å². The number of benzene rings is 2. The molecule has 2 aromatic carbocycles. The molecule has 0 atom stereocenters. The Hall–Kier alpha value is -0.390. The second-order valence-corrected chi connectivity index (χ2v) is 12.1. The van der Waals surface area contributed by atoms with Gasteiger partial charge in [-0.2, -0.15) is 0 Å². The third-order valence-corrected chi connectivity index (χ3v) is 8.31. The van der Waals surface area contributed by atoms with Gasteiger partial charge in [0.25, 0.3) is 0 Å². The van der Waals surface area contributed by atoms with Gasteiger partial charge >= 0.3 is 29.6 Å². The van der Waals surface area contributed by atoms with Crippen LogP contribution in [0.2, 0.25) is 0 Å². The predicted molar refractivity (Wildman–Crippen MR) is 154 cm³/mol. The van der Waals surface area contributed by atoms with Crippen molar-refractivity contribution in [3.8, 4) is 0 Å². The molecule has 0 radical (unpaired) electrons. The van der Waals surface area contributed by atoms with Gasteiger partial charge in [0.15, 0.2) is 0 Å². The number of fused-ring (bicyclic) bond motifs is 1. The van der Waals surface area contributed by atoms with Crippen molar-refractivity contribution in [3.05, 3.63) is 41.5 Å². The molecule has 2 aromatic rings. The van der Waals surface area contributed by atoms with Gasteiger partial charge in [-0.15, -0.1) is 0 Å². The summed E-state index contributed by atoms with van der Waals surface area (Å²) in [6.45, 7) is 4.52. The Labute approximate surface area is 250 Å². The van der Waals surface area contributed by atoms with Crippen LogP contribution in [-0.4, -0.2) is 13.0 Å². The average molecular weight is 539 g/mol. The van der Waals surface area contributed by atoms with Gasteiger partial charge in [0, 0.05) is 0 Å². The zero-order chi connectivity index (χ0) is 26.1. The van der Waals surface area contributed by atoms with Crippen molar-refractivity contribution in [2.45, 2.75) is 147 Å². The van der Waals surface area contributed by atoms with E-state index in [0.717, 1.165) is 36.5 Å². The summed E-state index contributed by atoms with van der Waals surface area (Å²) in [4.78, 5) is -0.121. The molecule has 5 heteroatoms. The van der Waals surface area contributed by atoms with Crippen LogP contribution in [0, 0.1) is 0 Å². The van der Waals surface area contributed by atoms with Gasteiger partial charge in [-0.3, -0.25) is 0 Å². The summed E-state index contributed by atoms with van der Waals surface area (Å²) in [5, 5.41) is 1.99. The summed E-state index contributed by atoms with van der Waals surface area (Å²) in [6, 6.07) is 9.34. The van der Waals surface area contributed by atoms with Gasteiger partial charge in [-0.25, -0.2) is 8.42 Å². The van der Waals surface area contributed by atoms with Crippen LogP contribution in [0.15, 0.2) is 35.2 Å². The maximum absolute atomic E-state index is 11.6. The summed E-state index contributed by atoms with van der Waals surface area (Å²) in [6.07, 6.45) is 25.6. The van der Waals surface area contributed by atoms with E-state index < -0.39 is 10.1 Å². The van der Waals surface area contributed by atoms with Gasteiger partial charge in [0.05, 0.1) is 4.90 Å². The molecule has 0 fully saturated rings. The van der Waals surface area contributed by atoms with Crippen LogP contribution in [0.5, 0.6) is 0 Å². The Kier molecular flexibility index (Phi) is 19.2. The normalized spacial score (nSPS) is 11.6. The molecule has 0 heterocycles. The molecule has 0 saturated carbocycles. The standard InChI is InChI=1S/C32H52O3S.Na/c1-3-5-7-9-11-13-15-17-19-21-28-25-29(22-20-18-16-14-12-10-8-6-4-2)32-24-23-31(36(33,34)35)27-30(32)26-28;/h23-27H,3-22H2,1-2H3,(H,33,34,35);/q;+1/p-1. The topological polar surface area (TPSA) is 57.2 Å². The quantitative estimate of drug-likeness (QED) is 0.0987. The number of rotatable bonds is 21. The molecule has 0 saturated heterocycles. The van der Waals surface area contributed by atoms with Crippen LogP contribution in [0.25, 0.3) is 10.8 Å². The molecule has 0 spiro atoms. The molecule has 2 rings (SSSR count). The molecule has 0 aliphatic heterocycles. The van der Waals surface area contributed by atoms with E-state index in [1.165, 1.54) is 120 Å². The average Bonchev–Trinajstić information content (AvgIpc) is 2.85. The summed E-state index contributed by atoms with van der Waals surface area (Å²) in [5.74, 6) is 0. The number of unbranched alkanes of at least 4 members (excludes halogenated alkanes) is 16. The second kappa shape index (κ2) is 20.5. The smallest absolute Gasteiger partial charge is 0.744 e. The van der Waals surface area contributed by atoms with E-state index in [-0.39, 0.29) is 34.5 Å². The predicted octanol–water partition coefficient (Wildman–Crippen LogP) is 6.89. The molecule has 0 N–H and O–H groups in total. The van der Waals surface area contributed by atoms with E-state index in [9.17, 15) is 13.0 Å². The summed E-state index contributed by atoms with van der Waals surface area (Å²) >= 11 is 0. The van der Waals surface area contributed by atoms with E-state index in [0.29, 0.717) is 0 Å². The first-order valence-corrected chi connectivity index (χ1v) is 16.4. The summed E-state index contributed by atoms with van der Waals surface area (Å²) < 4.78 is 34.8. The maximum Gasteiger partial charge on any atom is 1.00 e. The first-order valence-electron chi connectivity index (χ1n) is 15.0. The van der Waals surface area contributed by atoms with Crippen molar-refractivity contribution in [1.29, 1.82) is 0 Å². The van der Waals surface area contributed by atoms with E-state index in [1.807, 2.05) is 6.07 Å². The Balaban J connectivity index is 0.00000684. The molecule has 0 bridgehead atoms. The van der Waals surface area contributed by atoms with Gasteiger partial charge in [-0.1, -0.05) is 135 Å². The fraction of sp³-hybridized carbons (Fsp3) is 0.688. The molecule has 0 amide bonds. The monoisotopic (exact) mass is 538 g/mol. The van der Waals surface area contributed by atoms with E-state index in [2.05, 4.69) is 26.0 Å². The van der Waals surface area contributed by atoms with Gasteiger partial charge in [0.1, 0.15) is 10.1 Å². The Morgan fingerprint density at radius 2 is 1.05 bits per heavy atom. The fourth-order valence-corrected chi connectivity index (χ4v) is 5.77. The minimum Gasteiger partial charge on any atom is -0.744 e. The summed E-state index contributed by atoms with van der Waals surface area (Å²) in [5.41, 5.74) is 2.58. The molecule has 0 aliphatic carbocycles. The van der Waals surface area contributed by atoms with Crippen molar-refractivity contribution in [1.82, 2.24) is 0 Å². The molecule has 37 heavy (non-hydrogen) atoms. The number of hydrogen-bond donors (Lipinski definition) is 0.